The van der Waals surface area contributed by atoms with Crippen molar-refractivity contribution in [3.63, 3.8) is 0 Å². The SMILES string of the molecule is C=C(F)/C=C(/F)C=C1CCC(N[C@H](C(=O)Nc2cn(C(C)(C)C(=O)NC(C)C3CCCCC3)cn2)c2ccccc2)CC1. The lowest BCUT2D eigenvalue weighted by atomic mass is 9.84. The van der Waals surface area contributed by atoms with Crippen LogP contribution in [0, 0.1) is 5.92 Å². The topological polar surface area (TPSA) is 88.0 Å². The average molecular weight is 594 g/mol. The van der Waals surface area contributed by atoms with Crippen molar-refractivity contribution in [1.29, 1.82) is 0 Å². The highest BCUT2D eigenvalue weighted by atomic mass is 19.1. The fraction of sp³-hybridized carbons (Fsp3) is 0.500. The van der Waals surface area contributed by atoms with Crippen LogP contribution in [0.1, 0.15) is 90.2 Å². The third kappa shape index (κ3) is 8.95. The Balaban J connectivity index is 1.40. The molecule has 0 radical (unpaired) electrons. The maximum absolute atomic E-state index is 13.9. The minimum absolute atomic E-state index is 0.0302. The van der Waals surface area contributed by atoms with Crippen molar-refractivity contribution >= 4 is 17.6 Å². The Kier molecular flexibility index (Phi) is 11.1. The van der Waals surface area contributed by atoms with Gasteiger partial charge in [-0.1, -0.05) is 61.7 Å². The van der Waals surface area contributed by atoms with Gasteiger partial charge >= 0.3 is 0 Å². The molecule has 1 aromatic heterocycles. The number of benzene rings is 1. The molecular formula is C34H45F2N5O2. The summed E-state index contributed by atoms with van der Waals surface area (Å²) in [5.74, 6) is -0.946. The number of nitrogens with zero attached hydrogens (tertiary/aromatic N) is 2. The number of aromatic nitrogens is 2. The summed E-state index contributed by atoms with van der Waals surface area (Å²) < 4.78 is 28.5. The van der Waals surface area contributed by atoms with Crippen molar-refractivity contribution in [2.75, 3.05) is 5.32 Å². The van der Waals surface area contributed by atoms with Gasteiger partial charge in [0.25, 0.3) is 0 Å². The number of halogens is 2. The van der Waals surface area contributed by atoms with Gasteiger partial charge in [-0.15, -0.1) is 0 Å². The summed E-state index contributed by atoms with van der Waals surface area (Å²) in [5.41, 5.74) is 0.821. The van der Waals surface area contributed by atoms with Gasteiger partial charge in [0.05, 0.1) is 6.33 Å². The second kappa shape index (κ2) is 14.7. The second-order valence-corrected chi connectivity index (χ2v) is 12.4. The Hall–Kier alpha value is -3.59. The van der Waals surface area contributed by atoms with Crippen LogP contribution in [0.4, 0.5) is 14.6 Å². The zero-order valence-corrected chi connectivity index (χ0v) is 25.5. The van der Waals surface area contributed by atoms with Gasteiger partial charge < -0.3 is 15.2 Å². The normalized spacial score (nSPS) is 19.8. The van der Waals surface area contributed by atoms with Gasteiger partial charge in [0.2, 0.25) is 11.8 Å². The molecule has 2 aromatic rings. The van der Waals surface area contributed by atoms with Gasteiger partial charge in [0.1, 0.15) is 23.2 Å². The summed E-state index contributed by atoms with van der Waals surface area (Å²) >= 11 is 0. The second-order valence-electron chi connectivity index (χ2n) is 12.4. The van der Waals surface area contributed by atoms with E-state index in [0.29, 0.717) is 37.4 Å². The number of anilines is 1. The lowest BCUT2D eigenvalue weighted by Gasteiger charge is -2.32. The summed E-state index contributed by atoms with van der Waals surface area (Å²) in [7, 11) is 0. The molecule has 2 saturated carbocycles. The Labute approximate surface area is 253 Å². The number of carbonyl (C=O) groups excluding carboxylic acids is 2. The van der Waals surface area contributed by atoms with Crippen molar-refractivity contribution < 1.29 is 18.4 Å². The molecule has 3 N–H and O–H groups in total. The third-order valence-corrected chi connectivity index (χ3v) is 8.81. The van der Waals surface area contributed by atoms with Gasteiger partial charge in [-0.2, -0.15) is 0 Å². The zero-order valence-electron chi connectivity index (χ0n) is 25.5. The molecule has 2 amide bonds. The van der Waals surface area contributed by atoms with E-state index in [1.54, 1.807) is 17.1 Å². The van der Waals surface area contributed by atoms with Crippen molar-refractivity contribution in [2.24, 2.45) is 5.92 Å². The van der Waals surface area contributed by atoms with Crippen molar-refractivity contribution in [1.82, 2.24) is 20.2 Å². The quantitative estimate of drug-likeness (QED) is 0.241. The lowest BCUT2D eigenvalue weighted by molar-refractivity contribution is -0.129. The molecule has 7 nitrogen and oxygen atoms in total. The first kappa shape index (κ1) is 32.3. The van der Waals surface area contributed by atoms with E-state index >= 15 is 0 Å². The highest BCUT2D eigenvalue weighted by Crippen LogP contribution is 2.29. The molecule has 2 aliphatic carbocycles. The molecule has 0 spiro atoms. The number of allylic oxidation sites excluding steroid dienone is 5. The molecule has 43 heavy (non-hydrogen) atoms. The van der Waals surface area contributed by atoms with E-state index in [-0.39, 0.29) is 23.9 Å². The van der Waals surface area contributed by atoms with E-state index in [2.05, 4.69) is 34.4 Å². The fourth-order valence-corrected chi connectivity index (χ4v) is 6.03. The summed E-state index contributed by atoms with van der Waals surface area (Å²) in [6.07, 6.45) is 14.1. The largest absolute Gasteiger partial charge is 0.351 e. The first-order valence-electron chi connectivity index (χ1n) is 15.4. The Morgan fingerprint density at radius 1 is 1.07 bits per heavy atom. The van der Waals surface area contributed by atoms with Crippen LogP contribution in [0.25, 0.3) is 0 Å². The van der Waals surface area contributed by atoms with Crippen LogP contribution in [-0.2, 0) is 15.1 Å². The number of imidazole rings is 1. The minimum atomic E-state index is -0.893. The predicted octanol–water partition coefficient (Wildman–Crippen LogP) is 7.18. The average Bonchev–Trinajstić information content (AvgIpc) is 3.46. The van der Waals surface area contributed by atoms with Crippen LogP contribution in [-0.4, -0.2) is 33.4 Å². The molecule has 232 valence electrons. The molecule has 2 atom stereocenters. The first-order valence-corrected chi connectivity index (χ1v) is 15.4. The highest BCUT2D eigenvalue weighted by Gasteiger charge is 2.33. The summed E-state index contributed by atoms with van der Waals surface area (Å²) in [5, 5.41) is 9.63. The number of nitrogens with one attached hydrogen (secondary N) is 3. The van der Waals surface area contributed by atoms with Crippen LogP contribution in [0.15, 0.2) is 78.8 Å². The van der Waals surface area contributed by atoms with Gasteiger partial charge in [0.15, 0.2) is 5.82 Å². The molecule has 1 aromatic carbocycles. The monoisotopic (exact) mass is 593 g/mol. The smallest absolute Gasteiger partial charge is 0.247 e. The number of amides is 2. The Morgan fingerprint density at radius 2 is 1.74 bits per heavy atom. The van der Waals surface area contributed by atoms with E-state index in [1.807, 2.05) is 44.2 Å². The standard InChI is InChI=1S/C34H45F2N5O2/c1-23(35)19-28(36)20-25-15-17-29(18-16-25)39-31(27-13-9-6-10-14-27)32(42)40-30-21-41(22-37-30)34(3,4)33(43)38-24(2)26-11-7-5-8-12-26/h6,9-10,13-14,19-22,24,26,29,31,39H,1,5,7-8,11-12,15-18H2,2-4H3,(H,38,43)(H,40,42)/b25-20?,28-19+/t24?,29?,31-/m0/s1. The maximum Gasteiger partial charge on any atom is 0.247 e. The fourth-order valence-electron chi connectivity index (χ4n) is 6.03. The van der Waals surface area contributed by atoms with Crippen molar-refractivity contribution in [3.8, 4) is 0 Å². The van der Waals surface area contributed by atoms with E-state index < -0.39 is 23.2 Å². The van der Waals surface area contributed by atoms with Gasteiger partial charge in [-0.05, 0) is 76.9 Å². The number of hydrogen-bond donors (Lipinski definition) is 3. The molecular weight excluding hydrogens is 548 g/mol. The van der Waals surface area contributed by atoms with E-state index in [1.165, 1.54) is 25.3 Å². The lowest BCUT2D eigenvalue weighted by Crippen LogP contribution is -2.49. The highest BCUT2D eigenvalue weighted by molar-refractivity contribution is 5.95. The van der Waals surface area contributed by atoms with Gasteiger partial charge in [-0.25, -0.2) is 13.8 Å². The van der Waals surface area contributed by atoms with Crippen molar-refractivity contribution in [2.45, 2.75) is 102 Å². The van der Waals surface area contributed by atoms with Gasteiger partial charge in [-0.3, -0.25) is 14.9 Å². The molecule has 0 saturated heterocycles. The molecule has 2 fully saturated rings. The molecule has 0 aliphatic heterocycles. The van der Waals surface area contributed by atoms with E-state index in [4.69, 9.17) is 0 Å². The van der Waals surface area contributed by atoms with E-state index in [9.17, 15) is 18.4 Å². The van der Waals surface area contributed by atoms with Crippen LogP contribution < -0.4 is 16.0 Å². The molecule has 2 aliphatic rings. The van der Waals surface area contributed by atoms with Crippen molar-refractivity contribution in [3.05, 3.63) is 84.4 Å². The maximum atomic E-state index is 13.9. The number of hydrogen-bond acceptors (Lipinski definition) is 4. The Morgan fingerprint density at radius 3 is 2.40 bits per heavy atom. The molecule has 0 bridgehead atoms. The van der Waals surface area contributed by atoms with Crippen LogP contribution in [0.2, 0.25) is 0 Å². The number of rotatable bonds is 11. The molecule has 9 heteroatoms. The Bertz CT molecular complexity index is 1320. The number of carbonyl (C=O) groups is 2. The summed E-state index contributed by atoms with van der Waals surface area (Å²) in [6.45, 7) is 8.85. The predicted molar refractivity (Wildman–Crippen MR) is 166 cm³/mol. The third-order valence-electron chi connectivity index (χ3n) is 8.81. The molecule has 1 heterocycles. The summed E-state index contributed by atoms with van der Waals surface area (Å²) in [4.78, 5) is 31.3. The van der Waals surface area contributed by atoms with Crippen LogP contribution >= 0.6 is 0 Å². The van der Waals surface area contributed by atoms with Crippen LogP contribution in [0.5, 0.6) is 0 Å². The van der Waals surface area contributed by atoms with E-state index in [0.717, 1.165) is 30.1 Å². The first-order chi connectivity index (χ1) is 20.5. The van der Waals surface area contributed by atoms with Crippen LogP contribution in [0.3, 0.4) is 0 Å². The molecule has 4 rings (SSSR count). The van der Waals surface area contributed by atoms with Gasteiger partial charge in [0, 0.05) is 24.4 Å². The molecule has 1 unspecified atom stereocenters. The zero-order chi connectivity index (χ0) is 31.0. The minimum Gasteiger partial charge on any atom is -0.351 e. The summed E-state index contributed by atoms with van der Waals surface area (Å²) in [6, 6.07) is 8.96.